The first-order valence-electron chi connectivity index (χ1n) is 5.93. The minimum absolute atomic E-state index is 0.113. The Bertz CT molecular complexity index is 903. The number of nitrogens with zero attached hydrogens (tertiary/aromatic N) is 3. The molecule has 1 aromatic carbocycles. The number of hydrogen-bond acceptors (Lipinski definition) is 5. The molecule has 0 radical (unpaired) electrons. The summed E-state index contributed by atoms with van der Waals surface area (Å²) in [6, 6.07) is 6.86. The Hall–Kier alpha value is -2.61. The molecule has 106 valence electrons. The molecule has 0 saturated heterocycles. The molecule has 0 aliphatic rings. The van der Waals surface area contributed by atoms with E-state index in [9.17, 15) is 19.3 Å². The molecule has 0 aliphatic heterocycles. The molecule has 8 heteroatoms. The number of halogens is 1. The molecule has 2 aromatic heterocycles. The molecule has 21 heavy (non-hydrogen) atoms. The summed E-state index contributed by atoms with van der Waals surface area (Å²) >= 11 is 1.32. The standard InChI is InChI=1S/C13H8FN3O3S/c14-8-3-4-11-9(6-8)15-12(21-11)7-16-5-1-2-10(13(16)18)17(19)20/h1-6H,7H2. The summed E-state index contributed by atoms with van der Waals surface area (Å²) in [5.41, 5.74) is -0.661. The smallest absolute Gasteiger partial charge is 0.303 e. The van der Waals surface area contributed by atoms with Crippen molar-refractivity contribution in [1.29, 1.82) is 0 Å². The summed E-state index contributed by atoms with van der Waals surface area (Å²) in [6.45, 7) is 0.113. The van der Waals surface area contributed by atoms with E-state index in [0.717, 1.165) is 10.8 Å². The third kappa shape index (κ3) is 2.52. The van der Waals surface area contributed by atoms with Gasteiger partial charge in [-0.2, -0.15) is 0 Å². The topological polar surface area (TPSA) is 78.0 Å². The highest BCUT2D eigenvalue weighted by atomic mass is 32.1. The van der Waals surface area contributed by atoms with Gasteiger partial charge in [0.1, 0.15) is 10.8 Å². The van der Waals surface area contributed by atoms with Crippen LogP contribution < -0.4 is 5.56 Å². The molecule has 2 heterocycles. The lowest BCUT2D eigenvalue weighted by Crippen LogP contribution is -2.22. The van der Waals surface area contributed by atoms with Crippen molar-refractivity contribution in [3.05, 3.63) is 67.8 Å². The summed E-state index contributed by atoms with van der Waals surface area (Å²) in [6.07, 6.45) is 1.46. The average molecular weight is 305 g/mol. The molecule has 0 amide bonds. The Kier molecular flexibility index (Phi) is 3.22. The number of aromatic nitrogens is 2. The fourth-order valence-corrected chi connectivity index (χ4v) is 2.90. The summed E-state index contributed by atoms with van der Waals surface area (Å²) in [7, 11) is 0. The highest BCUT2D eigenvalue weighted by Gasteiger charge is 2.14. The van der Waals surface area contributed by atoms with Gasteiger partial charge in [0.2, 0.25) is 0 Å². The van der Waals surface area contributed by atoms with Gasteiger partial charge < -0.3 is 4.57 Å². The van der Waals surface area contributed by atoms with E-state index < -0.39 is 16.2 Å². The summed E-state index contributed by atoms with van der Waals surface area (Å²) < 4.78 is 15.1. The van der Waals surface area contributed by atoms with E-state index in [2.05, 4.69) is 4.98 Å². The number of nitro groups is 1. The Morgan fingerprint density at radius 2 is 2.19 bits per heavy atom. The second kappa shape index (κ2) is 5.06. The third-order valence-electron chi connectivity index (χ3n) is 2.90. The Morgan fingerprint density at radius 1 is 1.38 bits per heavy atom. The lowest BCUT2D eigenvalue weighted by Gasteiger charge is -2.01. The molecular weight excluding hydrogens is 297 g/mol. The second-order valence-corrected chi connectivity index (χ2v) is 5.42. The zero-order valence-electron chi connectivity index (χ0n) is 10.5. The molecule has 0 saturated carbocycles. The van der Waals surface area contributed by atoms with Crippen molar-refractivity contribution in [2.75, 3.05) is 0 Å². The van der Waals surface area contributed by atoms with Crippen molar-refractivity contribution in [1.82, 2.24) is 9.55 Å². The van der Waals surface area contributed by atoms with Gasteiger partial charge in [-0.15, -0.1) is 11.3 Å². The molecule has 0 aliphatic carbocycles. The van der Waals surface area contributed by atoms with E-state index in [1.165, 1.54) is 40.3 Å². The van der Waals surface area contributed by atoms with Gasteiger partial charge in [0.15, 0.2) is 0 Å². The minimum Gasteiger partial charge on any atom is -0.303 e. The number of benzene rings is 1. The first-order valence-corrected chi connectivity index (χ1v) is 6.75. The van der Waals surface area contributed by atoms with Gasteiger partial charge in [-0.3, -0.25) is 14.9 Å². The van der Waals surface area contributed by atoms with Crippen molar-refractivity contribution < 1.29 is 9.31 Å². The van der Waals surface area contributed by atoms with Crippen LogP contribution in [0.5, 0.6) is 0 Å². The highest BCUT2D eigenvalue weighted by Crippen LogP contribution is 2.23. The van der Waals surface area contributed by atoms with Crippen LogP contribution in [0.15, 0.2) is 41.3 Å². The van der Waals surface area contributed by atoms with Crippen molar-refractivity contribution in [3.8, 4) is 0 Å². The number of rotatable bonds is 3. The minimum atomic E-state index is -0.716. The fraction of sp³-hybridized carbons (Fsp3) is 0.0769. The molecule has 0 spiro atoms. The normalized spacial score (nSPS) is 10.9. The van der Waals surface area contributed by atoms with Crippen LogP contribution in [0.25, 0.3) is 10.2 Å². The molecule has 3 aromatic rings. The first kappa shape index (κ1) is 13.4. The summed E-state index contributed by atoms with van der Waals surface area (Å²) in [5, 5.41) is 11.3. The fourth-order valence-electron chi connectivity index (χ4n) is 1.95. The maximum atomic E-state index is 13.1. The van der Waals surface area contributed by atoms with Gasteiger partial charge in [-0.25, -0.2) is 9.37 Å². The molecular formula is C13H8FN3O3S. The monoisotopic (exact) mass is 305 g/mol. The summed E-state index contributed by atoms with van der Waals surface area (Å²) in [5.74, 6) is -0.383. The van der Waals surface area contributed by atoms with Crippen molar-refractivity contribution in [2.45, 2.75) is 6.54 Å². The molecule has 0 N–H and O–H groups in total. The van der Waals surface area contributed by atoms with E-state index in [1.807, 2.05) is 0 Å². The molecule has 0 unspecified atom stereocenters. The average Bonchev–Trinajstić information content (AvgIpc) is 2.82. The largest absolute Gasteiger partial charge is 0.334 e. The van der Waals surface area contributed by atoms with E-state index in [1.54, 1.807) is 6.07 Å². The van der Waals surface area contributed by atoms with Gasteiger partial charge in [0.25, 0.3) is 0 Å². The lowest BCUT2D eigenvalue weighted by molar-refractivity contribution is -0.386. The number of fused-ring (bicyclic) bond motifs is 1. The number of thiazole rings is 1. The Labute approximate surface area is 121 Å². The second-order valence-electron chi connectivity index (χ2n) is 4.30. The van der Waals surface area contributed by atoms with E-state index >= 15 is 0 Å². The van der Waals surface area contributed by atoms with Crippen LogP contribution in [0.3, 0.4) is 0 Å². The molecule has 0 fully saturated rings. The van der Waals surface area contributed by atoms with Gasteiger partial charge in [0, 0.05) is 18.3 Å². The maximum absolute atomic E-state index is 13.1. The maximum Gasteiger partial charge on any atom is 0.334 e. The highest BCUT2D eigenvalue weighted by molar-refractivity contribution is 7.18. The van der Waals surface area contributed by atoms with Crippen LogP contribution in [0.1, 0.15) is 5.01 Å². The Morgan fingerprint density at radius 3 is 2.95 bits per heavy atom. The van der Waals surface area contributed by atoms with Gasteiger partial charge in [-0.05, 0) is 18.2 Å². The first-order chi connectivity index (χ1) is 10.0. The van der Waals surface area contributed by atoms with Crippen molar-refractivity contribution in [3.63, 3.8) is 0 Å². The van der Waals surface area contributed by atoms with Gasteiger partial charge in [0.05, 0.1) is 21.7 Å². The van der Waals surface area contributed by atoms with Crippen LogP contribution in [-0.4, -0.2) is 14.5 Å². The quantitative estimate of drug-likeness (QED) is 0.550. The number of hydrogen-bond donors (Lipinski definition) is 0. The van der Waals surface area contributed by atoms with Crippen LogP contribution in [-0.2, 0) is 6.54 Å². The predicted molar refractivity (Wildman–Crippen MR) is 76.0 cm³/mol. The molecule has 0 atom stereocenters. The Balaban J connectivity index is 2.01. The van der Waals surface area contributed by atoms with Gasteiger partial charge >= 0.3 is 11.2 Å². The van der Waals surface area contributed by atoms with Crippen molar-refractivity contribution >= 4 is 27.2 Å². The SMILES string of the molecule is O=c1c([N+](=O)[O-])cccn1Cc1nc2cc(F)ccc2s1. The molecule has 0 bridgehead atoms. The van der Waals surface area contributed by atoms with Crippen LogP contribution in [0.4, 0.5) is 10.1 Å². The van der Waals surface area contributed by atoms with E-state index in [4.69, 9.17) is 0 Å². The number of pyridine rings is 1. The van der Waals surface area contributed by atoms with Gasteiger partial charge in [-0.1, -0.05) is 0 Å². The third-order valence-corrected chi connectivity index (χ3v) is 3.92. The lowest BCUT2D eigenvalue weighted by atomic mass is 10.3. The van der Waals surface area contributed by atoms with Crippen molar-refractivity contribution in [2.24, 2.45) is 0 Å². The predicted octanol–water partition coefficient (Wildman–Crippen LogP) is 2.55. The van der Waals surface area contributed by atoms with E-state index in [0.29, 0.717) is 10.5 Å². The van der Waals surface area contributed by atoms with Crippen LogP contribution in [0.2, 0.25) is 0 Å². The van der Waals surface area contributed by atoms with Crippen LogP contribution in [0, 0.1) is 15.9 Å². The zero-order chi connectivity index (χ0) is 15.0. The summed E-state index contributed by atoms with van der Waals surface area (Å²) in [4.78, 5) is 26.2. The van der Waals surface area contributed by atoms with E-state index in [-0.39, 0.29) is 12.4 Å². The molecule has 3 rings (SSSR count). The zero-order valence-corrected chi connectivity index (χ0v) is 11.3. The van der Waals surface area contributed by atoms with Crippen LogP contribution >= 0.6 is 11.3 Å². The molecule has 6 nitrogen and oxygen atoms in total.